The number of amides is 4. The number of alkyl carbamates (subject to hydrolysis) is 3. The molecule has 0 saturated heterocycles. The second-order valence-electron chi connectivity index (χ2n) is 12.2. The number of methoxy groups -OCH3 is 1. The van der Waals surface area contributed by atoms with Crippen molar-refractivity contribution < 1.29 is 42.9 Å². The van der Waals surface area contributed by atoms with Crippen LogP contribution in [-0.4, -0.2) is 73.6 Å². The normalized spacial score (nSPS) is 12.6. The van der Waals surface area contributed by atoms with Gasteiger partial charge in [0.05, 0.1) is 7.11 Å². The van der Waals surface area contributed by atoms with Gasteiger partial charge in [-0.3, -0.25) is 4.79 Å². The molecule has 1 rings (SSSR count). The number of hydrogen-bond donors (Lipinski definition) is 4. The molecule has 1 aromatic rings. The predicted octanol–water partition coefficient (Wildman–Crippen LogP) is 4.33. The standard InChI is InChI=1S/C31H50N4O9/c1-30(2,3)43-27(38)32-19-13-11-17-23(35-29(40)42-21-22-15-9-8-10-16-22)25(36)34-24(26(37)41-7)18-12-14-20-33-28(39)44-31(4,5)6/h8-10,15-16,23-24H,11-14,17-21H2,1-7H3,(H,32,38)(H,33,39)(H,34,36)(H,35,40)/t23-,24-/m0/s1. The SMILES string of the molecule is COC(=O)[C@H](CCCCNC(=O)OC(C)(C)C)NC(=O)[C@H](CCCCNC(=O)OC(C)(C)C)NC(=O)OCc1ccccc1. The highest BCUT2D eigenvalue weighted by Crippen LogP contribution is 2.10. The first kappa shape index (κ1) is 38.0. The number of ether oxygens (including phenoxy) is 4. The topological polar surface area (TPSA) is 170 Å². The van der Waals surface area contributed by atoms with Crippen LogP contribution in [0.3, 0.4) is 0 Å². The van der Waals surface area contributed by atoms with Crippen molar-refractivity contribution in [1.82, 2.24) is 21.3 Å². The van der Waals surface area contributed by atoms with Gasteiger partial charge in [-0.2, -0.15) is 0 Å². The number of nitrogens with one attached hydrogen (secondary N) is 4. The average molecular weight is 623 g/mol. The minimum Gasteiger partial charge on any atom is -0.467 e. The molecule has 0 aliphatic carbocycles. The zero-order valence-corrected chi connectivity index (χ0v) is 27.1. The summed E-state index contributed by atoms with van der Waals surface area (Å²) < 4.78 is 20.6. The Morgan fingerprint density at radius 1 is 0.682 bits per heavy atom. The van der Waals surface area contributed by atoms with Gasteiger partial charge in [0, 0.05) is 13.1 Å². The summed E-state index contributed by atoms with van der Waals surface area (Å²) in [5, 5.41) is 10.6. The Labute approximate surface area is 260 Å². The molecule has 0 aromatic heterocycles. The van der Waals surface area contributed by atoms with Gasteiger partial charge < -0.3 is 40.2 Å². The maximum absolute atomic E-state index is 13.3. The Kier molecular flexibility index (Phi) is 16.7. The van der Waals surface area contributed by atoms with Gasteiger partial charge in [0.2, 0.25) is 5.91 Å². The molecule has 0 spiro atoms. The highest BCUT2D eigenvalue weighted by atomic mass is 16.6. The average Bonchev–Trinajstić information content (AvgIpc) is 2.92. The summed E-state index contributed by atoms with van der Waals surface area (Å²) in [4.78, 5) is 62.0. The maximum atomic E-state index is 13.3. The van der Waals surface area contributed by atoms with Crippen LogP contribution >= 0.6 is 0 Å². The molecule has 1 aromatic carbocycles. The lowest BCUT2D eigenvalue weighted by atomic mass is 10.1. The number of unbranched alkanes of at least 4 members (excludes halogenated alkanes) is 2. The highest BCUT2D eigenvalue weighted by Gasteiger charge is 2.27. The molecular weight excluding hydrogens is 572 g/mol. The first-order valence-electron chi connectivity index (χ1n) is 14.9. The number of carbonyl (C=O) groups is 5. The Hall–Kier alpha value is -4.03. The van der Waals surface area contributed by atoms with Crippen molar-refractivity contribution in [2.24, 2.45) is 0 Å². The summed E-state index contributed by atoms with van der Waals surface area (Å²) in [7, 11) is 1.22. The third-order valence-corrected chi connectivity index (χ3v) is 5.80. The number of benzene rings is 1. The van der Waals surface area contributed by atoms with E-state index in [0.717, 1.165) is 5.56 Å². The van der Waals surface area contributed by atoms with Crippen LogP contribution in [-0.2, 0) is 35.1 Å². The van der Waals surface area contributed by atoms with Gasteiger partial charge >= 0.3 is 24.2 Å². The smallest absolute Gasteiger partial charge is 0.408 e. The molecule has 13 heteroatoms. The molecule has 0 heterocycles. The van der Waals surface area contributed by atoms with Crippen LogP contribution in [0.1, 0.15) is 85.6 Å². The summed E-state index contributed by atoms with van der Waals surface area (Å²) in [5.41, 5.74) is -0.455. The van der Waals surface area contributed by atoms with Gasteiger partial charge in [-0.15, -0.1) is 0 Å². The van der Waals surface area contributed by atoms with Gasteiger partial charge in [0.1, 0.15) is 29.9 Å². The van der Waals surface area contributed by atoms with E-state index >= 15 is 0 Å². The van der Waals surface area contributed by atoms with E-state index in [2.05, 4.69) is 21.3 Å². The lowest BCUT2D eigenvalue weighted by Crippen LogP contribution is -2.52. The molecule has 4 N–H and O–H groups in total. The fourth-order valence-corrected chi connectivity index (χ4v) is 3.80. The van der Waals surface area contributed by atoms with Crippen molar-refractivity contribution in [2.45, 2.75) is 110 Å². The van der Waals surface area contributed by atoms with E-state index in [1.807, 2.05) is 18.2 Å². The quantitative estimate of drug-likeness (QED) is 0.119. The third kappa shape index (κ3) is 18.5. The van der Waals surface area contributed by atoms with Crippen molar-refractivity contribution in [1.29, 1.82) is 0 Å². The van der Waals surface area contributed by atoms with Gasteiger partial charge in [-0.25, -0.2) is 19.2 Å². The van der Waals surface area contributed by atoms with Crippen molar-refractivity contribution in [3.63, 3.8) is 0 Å². The second kappa shape index (κ2) is 19.3. The Balaban J connectivity index is 2.73. The highest BCUT2D eigenvalue weighted by molar-refractivity contribution is 5.89. The molecule has 0 unspecified atom stereocenters. The van der Waals surface area contributed by atoms with Crippen LogP contribution in [0.25, 0.3) is 0 Å². The van der Waals surface area contributed by atoms with E-state index in [9.17, 15) is 24.0 Å². The number of hydrogen-bond acceptors (Lipinski definition) is 9. The second-order valence-corrected chi connectivity index (χ2v) is 12.2. The zero-order chi connectivity index (χ0) is 33.2. The van der Waals surface area contributed by atoms with Gasteiger partial charge in [0.25, 0.3) is 0 Å². The molecule has 44 heavy (non-hydrogen) atoms. The fourth-order valence-electron chi connectivity index (χ4n) is 3.80. The van der Waals surface area contributed by atoms with E-state index in [4.69, 9.17) is 18.9 Å². The lowest BCUT2D eigenvalue weighted by Gasteiger charge is -2.22. The van der Waals surface area contributed by atoms with Crippen LogP contribution in [0.4, 0.5) is 14.4 Å². The van der Waals surface area contributed by atoms with Crippen molar-refractivity contribution in [2.75, 3.05) is 20.2 Å². The molecule has 0 aliphatic rings. The van der Waals surface area contributed by atoms with E-state index in [1.54, 1.807) is 53.7 Å². The monoisotopic (exact) mass is 622 g/mol. The third-order valence-electron chi connectivity index (χ3n) is 5.80. The van der Waals surface area contributed by atoms with Crippen molar-refractivity contribution in [3.05, 3.63) is 35.9 Å². The molecule has 0 bridgehead atoms. The van der Waals surface area contributed by atoms with Crippen LogP contribution < -0.4 is 21.3 Å². The summed E-state index contributed by atoms with van der Waals surface area (Å²) in [5.74, 6) is -1.21. The number of rotatable bonds is 16. The van der Waals surface area contributed by atoms with Gasteiger partial charge in [-0.05, 0) is 85.6 Å². The first-order chi connectivity index (χ1) is 20.6. The summed E-state index contributed by atoms with van der Waals surface area (Å²) in [6.07, 6.45) is 0.588. The van der Waals surface area contributed by atoms with E-state index < -0.39 is 53.4 Å². The molecule has 0 radical (unpaired) electrons. The lowest BCUT2D eigenvalue weighted by molar-refractivity contribution is -0.145. The summed E-state index contributed by atoms with van der Waals surface area (Å²) >= 11 is 0. The van der Waals surface area contributed by atoms with E-state index in [0.29, 0.717) is 38.8 Å². The fraction of sp³-hybridized carbons (Fsp3) is 0.645. The molecular formula is C31H50N4O9. The van der Waals surface area contributed by atoms with E-state index in [-0.39, 0.29) is 19.4 Å². The van der Waals surface area contributed by atoms with Crippen LogP contribution in [0, 0.1) is 0 Å². The zero-order valence-electron chi connectivity index (χ0n) is 27.1. The molecule has 2 atom stereocenters. The minimum atomic E-state index is -1.01. The minimum absolute atomic E-state index is 0.0168. The summed E-state index contributed by atoms with van der Waals surface area (Å²) in [6.45, 7) is 11.2. The Bertz CT molecular complexity index is 1050. The molecule has 0 aliphatic heterocycles. The van der Waals surface area contributed by atoms with Gasteiger partial charge in [-0.1, -0.05) is 30.3 Å². The summed E-state index contributed by atoms with van der Waals surface area (Å²) in [6, 6.07) is 7.11. The molecule has 248 valence electrons. The molecule has 13 nitrogen and oxygen atoms in total. The Morgan fingerprint density at radius 2 is 1.18 bits per heavy atom. The predicted molar refractivity (Wildman–Crippen MR) is 164 cm³/mol. The molecule has 0 saturated carbocycles. The number of carbonyl (C=O) groups excluding carboxylic acids is 5. The molecule has 4 amide bonds. The van der Waals surface area contributed by atoms with Crippen LogP contribution in [0.2, 0.25) is 0 Å². The van der Waals surface area contributed by atoms with Crippen LogP contribution in [0.5, 0.6) is 0 Å². The van der Waals surface area contributed by atoms with Crippen LogP contribution in [0.15, 0.2) is 30.3 Å². The first-order valence-corrected chi connectivity index (χ1v) is 14.9. The number of esters is 1. The van der Waals surface area contributed by atoms with E-state index in [1.165, 1.54) is 7.11 Å². The maximum Gasteiger partial charge on any atom is 0.408 e. The van der Waals surface area contributed by atoms with Gasteiger partial charge in [0.15, 0.2) is 0 Å². The van der Waals surface area contributed by atoms with Crippen molar-refractivity contribution in [3.8, 4) is 0 Å². The Morgan fingerprint density at radius 3 is 1.66 bits per heavy atom. The molecule has 0 fully saturated rings. The largest absolute Gasteiger partial charge is 0.467 e. The van der Waals surface area contributed by atoms with Crippen molar-refractivity contribution >= 4 is 30.2 Å².